The summed E-state index contributed by atoms with van der Waals surface area (Å²) < 4.78 is 26.7. The zero-order chi connectivity index (χ0) is 27.0. The molecule has 4 N–H and O–H groups in total. The van der Waals surface area contributed by atoms with Crippen LogP contribution in [0.5, 0.6) is 0 Å². The van der Waals surface area contributed by atoms with Crippen molar-refractivity contribution in [1.82, 2.24) is 19.9 Å². The molecule has 1 aliphatic rings. The summed E-state index contributed by atoms with van der Waals surface area (Å²) in [5, 5.41) is 2.79. The highest BCUT2D eigenvalue weighted by atomic mass is 32.2. The van der Waals surface area contributed by atoms with E-state index >= 15 is 0 Å². The summed E-state index contributed by atoms with van der Waals surface area (Å²) in [6.07, 6.45) is 2.78. The number of rotatable bonds is 7. The van der Waals surface area contributed by atoms with Crippen LogP contribution < -0.4 is 16.6 Å². The second-order valence-corrected chi connectivity index (χ2v) is 10.5. The molecule has 0 radical (unpaired) electrons. The maximum absolute atomic E-state index is 12.8. The number of fused-ring (bicyclic) bond motifs is 1. The monoisotopic (exact) mass is 517 g/mol. The van der Waals surface area contributed by atoms with Crippen LogP contribution in [0.4, 0.5) is 5.69 Å². The second kappa shape index (κ2) is 12.7. The molecular formula is C26H39N5O4S. The number of aryl methyl sites for hydroxylation is 2. The average Bonchev–Trinajstić information content (AvgIpc) is 3.22. The van der Waals surface area contributed by atoms with Crippen molar-refractivity contribution in [3.05, 3.63) is 51.7 Å². The fraction of sp³-hybridized carbons (Fsp3) is 0.500. The minimum absolute atomic E-state index is 0.000773. The van der Waals surface area contributed by atoms with Crippen molar-refractivity contribution < 1.29 is 13.2 Å². The molecule has 1 amide bonds. The van der Waals surface area contributed by atoms with Crippen molar-refractivity contribution in [2.75, 3.05) is 11.5 Å². The third kappa shape index (κ3) is 6.75. The number of aromatic nitrogens is 3. The average molecular weight is 518 g/mol. The van der Waals surface area contributed by atoms with E-state index in [9.17, 15) is 18.0 Å². The molecule has 36 heavy (non-hydrogen) atoms. The Morgan fingerprint density at radius 3 is 2.44 bits per heavy atom. The Labute approximate surface area is 213 Å². The van der Waals surface area contributed by atoms with Crippen LogP contribution in [0.3, 0.4) is 0 Å². The van der Waals surface area contributed by atoms with Gasteiger partial charge in [-0.25, -0.2) is 13.4 Å². The molecule has 10 heteroatoms. The Balaban J connectivity index is 0.00000109. The molecule has 0 unspecified atom stereocenters. The lowest BCUT2D eigenvalue weighted by Crippen LogP contribution is -2.35. The van der Waals surface area contributed by atoms with Crippen LogP contribution in [-0.4, -0.2) is 34.6 Å². The van der Waals surface area contributed by atoms with Crippen LogP contribution in [0.25, 0.3) is 11.0 Å². The minimum atomic E-state index is -3.65. The predicted octanol–water partition coefficient (Wildman–Crippen LogP) is 3.87. The fourth-order valence-corrected chi connectivity index (χ4v) is 5.87. The predicted molar refractivity (Wildman–Crippen MR) is 145 cm³/mol. The normalized spacial score (nSPS) is 13.2. The molecule has 198 valence electrons. The van der Waals surface area contributed by atoms with Crippen LogP contribution in [-0.2, 0) is 27.7 Å². The first kappa shape index (κ1) is 29.1. The summed E-state index contributed by atoms with van der Waals surface area (Å²) >= 11 is 0. The Morgan fingerprint density at radius 2 is 1.83 bits per heavy atom. The van der Waals surface area contributed by atoms with Gasteiger partial charge in [0.1, 0.15) is 18.1 Å². The van der Waals surface area contributed by atoms with Gasteiger partial charge in [-0.2, -0.15) is 0 Å². The third-order valence-electron chi connectivity index (χ3n) is 5.98. The Morgan fingerprint density at radius 1 is 1.17 bits per heavy atom. The number of nitrogens with zero attached hydrogens (tertiary/aromatic N) is 2. The van der Waals surface area contributed by atoms with E-state index < -0.39 is 15.4 Å². The van der Waals surface area contributed by atoms with Crippen LogP contribution in [0, 0.1) is 19.8 Å². The lowest BCUT2D eigenvalue weighted by atomic mass is 9.87. The molecule has 1 fully saturated rings. The first-order valence-corrected chi connectivity index (χ1v) is 14.2. The number of imidazole rings is 1. The van der Waals surface area contributed by atoms with Gasteiger partial charge in [0.05, 0.1) is 21.7 Å². The number of nitrogen functional groups attached to an aromatic ring is 1. The van der Waals surface area contributed by atoms with Gasteiger partial charge in [0.25, 0.3) is 5.56 Å². The zero-order valence-corrected chi connectivity index (χ0v) is 23.0. The first-order valence-electron chi connectivity index (χ1n) is 12.6. The number of H-pyrrole nitrogens is 1. The number of hydrogen-bond donors (Lipinski definition) is 3. The van der Waals surface area contributed by atoms with E-state index in [1.807, 2.05) is 52.8 Å². The van der Waals surface area contributed by atoms with Crippen LogP contribution in [0.2, 0.25) is 0 Å². The molecule has 9 nitrogen and oxygen atoms in total. The number of hydrogen-bond acceptors (Lipinski definition) is 6. The van der Waals surface area contributed by atoms with Gasteiger partial charge in [-0.15, -0.1) is 0 Å². The van der Waals surface area contributed by atoms with E-state index in [1.165, 1.54) is 10.6 Å². The molecule has 0 spiro atoms. The smallest absolute Gasteiger partial charge is 0.275 e. The van der Waals surface area contributed by atoms with Crippen molar-refractivity contribution in [3.8, 4) is 0 Å². The number of carbonyl (C=O) groups is 1. The number of amides is 1. The van der Waals surface area contributed by atoms with Crippen molar-refractivity contribution in [1.29, 1.82) is 0 Å². The molecule has 2 aromatic heterocycles. The highest BCUT2D eigenvalue weighted by molar-refractivity contribution is 7.91. The maximum Gasteiger partial charge on any atom is 0.275 e. The number of aromatic amines is 1. The summed E-state index contributed by atoms with van der Waals surface area (Å²) in [6, 6.07) is 7.05. The van der Waals surface area contributed by atoms with Gasteiger partial charge >= 0.3 is 0 Å². The lowest BCUT2D eigenvalue weighted by Gasteiger charge is -2.25. The van der Waals surface area contributed by atoms with Crippen molar-refractivity contribution in [2.45, 2.75) is 78.8 Å². The topological polar surface area (TPSA) is 140 Å². The van der Waals surface area contributed by atoms with Gasteiger partial charge in [-0.05, 0) is 56.4 Å². The van der Waals surface area contributed by atoms with E-state index in [0.717, 1.165) is 41.7 Å². The zero-order valence-electron chi connectivity index (χ0n) is 22.1. The number of anilines is 1. The van der Waals surface area contributed by atoms with Gasteiger partial charge in [-0.3, -0.25) is 9.59 Å². The SMILES string of the molecule is CC.CC.Cc1nc2ccc(CNC(=O)Cn3c(C)cc(S(=O)(=O)CC4CCC4)c(N)c3=O)cc2[nH]1. The van der Waals surface area contributed by atoms with Gasteiger partial charge < -0.3 is 20.6 Å². The van der Waals surface area contributed by atoms with E-state index in [0.29, 0.717) is 5.69 Å². The number of benzene rings is 1. The van der Waals surface area contributed by atoms with E-state index in [4.69, 9.17) is 5.73 Å². The summed E-state index contributed by atoms with van der Waals surface area (Å²) in [6.45, 7) is 11.5. The van der Waals surface area contributed by atoms with Gasteiger partial charge in [0, 0.05) is 12.2 Å². The Bertz CT molecular complexity index is 1350. The second-order valence-electron chi connectivity index (χ2n) is 8.48. The quantitative estimate of drug-likeness (QED) is 0.435. The van der Waals surface area contributed by atoms with E-state index in [-0.39, 0.29) is 41.3 Å². The standard InChI is InChI=1S/C22H27N5O4S.2C2H6/c1-13-8-19(32(30,31)12-15-4-3-5-15)21(23)22(29)27(13)11-20(28)24-10-16-6-7-17-18(9-16)26-14(2)25-17;2*1-2/h6-9,15H,3-5,10-12,23H2,1-2H3,(H,24,28)(H,25,26);2*1-2H3. The van der Waals surface area contributed by atoms with Gasteiger partial charge in [0.15, 0.2) is 9.84 Å². The molecule has 0 atom stereocenters. The molecule has 0 bridgehead atoms. The number of nitrogens with one attached hydrogen (secondary N) is 2. The molecule has 4 rings (SSSR count). The molecule has 1 saturated carbocycles. The molecular weight excluding hydrogens is 478 g/mol. The molecule has 1 aromatic carbocycles. The Hall–Kier alpha value is -3.14. The highest BCUT2D eigenvalue weighted by Gasteiger charge is 2.29. The van der Waals surface area contributed by atoms with E-state index in [1.54, 1.807) is 6.92 Å². The van der Waals surface area contributed by atoms with Crippen LogP contribution >= 0.6 is 0 Å². The number of carbonyl (C=O) groups excluding carboxylic acids is 1. The summed E-state index contributed by atoms with van der Waals surface area (Å²) in [5.74, 6) is 0.561. The molecule has 1 aliphatic carbocycles. The minimum Gasteiger partial charge on any atom is -0.393 e. The number of nitrogens with two attached hydrogens (primary N) is 1. The summed E-state index contributed by atoms with van der Waals surface area (Å²) in [7, 11) is -3.65. The van der Waals surface area contributed by atoms with Gasteiger partial charge in [0.2, 0.25) is 5.91 Å². The van der Waals surface area contributed by atoms with Crippen LogP contribution in [0.1, 0.15) is 64.0 Å². The van der Waals surface area contributed by atoms with Crippen molar-refractivity contribution >= 4 is 32.5 Å². The third-order valence-corrected chi connectivity index (χ3v) is 7.90. The number of sulfone groups is 1. The highest BCUT2D eigenvalue weighted by Crippen LogP contribution is 2.30. The largest absolute Gasteiger partial charge is 0.393 e. The van der Waals surface area contributed by atoms with Crippen molar-refractivity contribution in [2.24, 2.45) is 5.92 Å². The first-order chi connectivity index (χ1) is 17.1. The number of pyridine rings is 1. The fourth-order valence-electron chi connectivity index (χ4n) is 3.96. The lowest BCUT2D eigenvalue weighted by molar-refractivity contribution is -0.121. The van der Waals surface area contributed by atoms with Crippen LogP contribution in [0.15, 0.2) is 34.0 Å². The van der Waals surface area contributed by atoms with Gasteiger partial charge in [-0.1, -0.05) is 40.2 Å². The molecule has 3 aromatic rings. The molecule has 2 heterocycles. The summed E-state index contributed by atoms with van der Waals surface area (Å²) in [4.78, 5) is 32.6. The van der Waals surface area contributed by atoms with Crippen molar-refractivity contribution in [3.63, 3.8) is 0 Å². The Kier molecular flexibility index (Phi) is 10.3. The molecule has 0 saturated heterocycles. The molecule has 0 aliphatic heterocycles. The maximum atomic E-state index is 12.8. The van der Waals surface area contributed by atoms with E-state index in [2.05, 4.69) is 15.3 Å². The summed E-state index contributed by atoms with van der Waals surface area (Å²) in [5.41, 5.74) is 7.91.